The molecular formula is C56H93FN8O15. The van der Waals surface area contributed by atoms with Gasteiger partial charge in [-0.25, -0.2) is 9.07 Å². The zero-order chi connectivity index (χ0) is 59.2. The third-order valence-corrected chi connectivity index (χ3v) is 17.1. The number of carbonyl (C=O) groups excluding carboxylic acids is 2. The third kappa shape index (κ3) is 15.2. The molecule has 5 heterocycles. The lowest BCUT2D eigenvalue weighted by atomic mass is 9.77. The van der Waals surface area contributed by atoms with Crippen molar-refractivity contribution in [2.24, 2.45) is 17.8 Å². The number of halogens is 1. The third-order valence-electron chi connectivity index (χ3n) is 17.1. The van der Waals surface area contributed by atoms with Crippen molar-refractivity contribution in [2.45, 2.75) is 217 Å². The normalized spacial score (nSPS) is 38.0. The lowest BCUT2D eigenvalue weighted by Crippen LogP contribution is -2.61. The van der Waals surface area contributed by atoms with E-state index in [9.17, 15) is 35.1 Å². The first-order valence-corrected chi connectivity index (χ1v) is 28.1. The van der Waals surface area contributed by atoms with Crippen molar-refractivity contribution >= 4 is 11.9 Å². The zero-order valence-electron chi connectivity index (χ0n) is 49.5. The van der Waals surface area contributed by atoms with Crippen LogP contribution in [0.5, 0.6) is 0 Å². The van der Waals surface area contributed by atoms with Crippen molar-refractivity contribution in [2.75, 3.05) is 48.1 Å². The molecule has 23 nitrogen and oxygen atoms in total. The van der Waals surface area contributed by atoms with E-state index in [0.717, 1.165) is 11.3 Å². The molecule has 24 heteroatoms. The molecule has 1 aromatic carbocycles. The molecule has 4 aliphatic rings. The topological polar surface area (TPSA) is 274 Å². The summed E-state index contributed by atoms with van der Waals surface area (Å²) in [6.45, 7) is 18.8. The van der Waals surface area contributed by atoms with Gasteiger partial charge in [0, 0.05) is 77.0 Å². The van der Waals surface area contributed by atoms with E-state index in [1.54, 1.807) is 70.6 Å². The largest absolute Gasteiger partial charge is 0.459 e. The molecule has 1 aromatic heterocycles. The summed E-state index contributed by atoms with van der Waals surface area (Å²) in [6, 6.07) is 5.41. The first-order valence-electron chi connectivity index (χ1n) is 28.1. The van der Waals surface area contributed by atoms with Crippen LogP contribution in [-0.2, 0) is 54.1 Å². The molecule has 0 aliphatic carbocycles. The van der Waals surface area contributed by atoms with Crippen molar-refractivity contribution in [1.29, 1.82) is 0 Å². The van der Waals surface area contributed by atoms with Crippen molar-refractivity contribution < 1.29 is 77.4 Å². The van der Waals surface area contributed by atoms with Crippen LogP contribution >= 0.6 is 0 Å². The van der Waals surface area contributed by atoms with E-state index < -0.39 is 133 Å². The summed E-state index contributed by atoms with van der Waals surface area (Å²) in [7, 11) is 6.73. The second kappa shape index (κ2) is 27.6. The Kier molecular flexibility index (Phi) is 22.5. The number of nitrogens with one attached hydrogen (secondary N) is 2. The Morgan fingerprint density at radius 3 is 2.31 bits per heavy atom. The second-order valence-electron chi connectivity index (χ2n) is 23.6. The second-order valence-corrected chi connectivity index (χ2v) is 23.6. The lowest BCUT2D eigenvalue weighted by Gasteiger charge is -2.49. The van der Waals surface area contributed by atoms with Crippen molar-refractivity contribution in [3.63, 3.8) is 0 Å². The maximum atomic E-state index is 15.0. The molecule has 20 atom stereocenters. The van der Waals surface area contributed by atoms with Crippen LogP contribution in [0.3, 0.4) is 0 Å². The van der Waals surface area contributed by atoms with Gasteiger partial charge in [0.05, 0.1) is 53.4 Å². The molecule has 3 fully saturated rings. The molecule has 7 N–H and O–H groups in total. The number of benzene rings is 1. The van der Waals surface area contributed by atoms with Crippen LogP contribution in [0.25, 0.3) is 5.69 Å². The fraction of sp³-hybridized carbons (Fsp3) is 0.786. The highest BCUT2D eigenvalue weighted by molar-refractivity contribution is 5.73. The van der Waals surface area contributed by atoms with E-state index in [0.29, 0.717) is 37.3 Å². The van der Waals surface area contributed by atoms with Crippen LogP contribution in [-0.4, -0.2) is 212 Å². The van der Waals surface area contributed by atoms with E-state index in [4.69, 9.17) is 37.9 Å². The quantitative estimate of drug-likeness (QED) is 0.106. The SMILES string of the molecule is CC[C@H]1OC(=O)[C@H](C)[C@@H](O[C@H]2C[C@@](C)(OC)[C@@H](O)[C@H](C)O2)[C@H](C)[C@@H](O[C@@H]2O[C@H](C)C[C@H](N(C)CCC3=CN([C@H](CF)[C@H](OC)c4ccc(-n5cc(COC(C)=O)nn5)cc4)NN3)[C@H]2O)[C@](C)(O)C[C@@H](C)CN(C)[C@H](C)[C@@H](O)[C@]1(C)O. The average molecular weight is 1140 g/mol. The van der Waals surface area contributed by atoms with Crippen LogP contribution < -0.4 is 11.0 Å². The molecule has 3 saturated heterocycles. The molecule has 0 saturated carbocycles. The maximum absolute atomic E-state index is 15.0. The highest BCUT2D eigenvalue weighted by Crippen LogP contribution is 2.41. The zero-order valence-corrected chi connectivity index (χ0v) is 49.5. The van der Waals surface area contributed by atoms with Gasteiger partial charge >= 0.3 is 11.9 Å². The summed E-state index contributed by atoms with van der Waals surface area (Å²) >= 11 is 0. The number of esters is 2. The highest BCUT2D eigenvalue weighted by atomic mass is 19.1. The first-order chi connectivity index (χ1) is 37.6. The first kappa shape index (κ1) is 65.2. The number of alkyl halides is 1. The minimum absolute atomic E-state index is 0.00159. The number of cyclic esters (lactones) is 1. The van der Waals surface area contributed by atoms with E-state index in [-0.39, 0.29) is 31.8 Å². The number of aliphatic hydroxyl groups is 5. The molecule has 80 heavy (non-hydrogen) atoms. The maximum Gasteiger partial charge on any atom is 0.311 e. The molecule has 0 bridgehead atoms. The van der Waals surface area contributed by atoms with Crippen LogP contribution in [0.2, 0.25) is 0 Å². The smallest absolute Gasteiger partial charge is 0.311 e. The number of nitrogens with zero attached hydrogens (tertiary/aromatic N) is 6. The van der Waals surface area contributed by atoms with Crippen molar-refractivity contribution in [1.82, 2.24) is 40.8 Å². The van der Waals surface area contributed by atoms with E-state index in [1.807, 2.05) is 62.0 Å². The molecular weight excluding hydrogens is 1040 g/mol. The summed E-state index contributed by atoms with van der Waals surface area (Å²) in [5.41, 5.74) is 4.27. The van der Waals surface area contributed by atoms with Gasteiger partial charge in [0.25, 0.3) is 0 Å². The number of hydrazine groups is 2. The van der Waals surface area contributed by atoms with Gasteiger partial charge in [-0.3, -0.25) is 14.6 Å². The molecule has 0 amide bonds. The fourth-order valence-electron chi connectivity index (χ4n) is 12.1. The van der Waals surface area contributed by atoms with Gasteiger partial charge in [-0.1, -0.05) is 38.1 Å². The standard InChI is InChI=1S/C56H93FN8O15/c1-16-44-56(11,72)49(68)35(6)63(13)27-31(2)24-54(9,71)51(33(4)47(34(5)52(70)78-44)79-45-25-55(10,74-15)50(69)36(7)77-45)80-53-46(67)42(23-32(3)76-53)62(12)22-21-39-28-65(61-58-39)43(26-57)48(73-14)38-17-19-41(20-18-38)64-29-40(59-60-64)30-75-37(8)66/h17-20,28-29,31-36,42-51,53,58,61,67-69,71-72H,16,21-27,30H2,1-15H3/t31-,32-,33+,34-,35-,36+,42+,43-,44-,45+,46-,47+,48-,49-,50+,51-,53+,54-,55-,56-/m1/s1. The Hall–Kier alpha value is -3.99. The summed E-state index contributed by atoms with van der Waals surface area (Å²) in [5, 5.41) is 69.8. The molecule has 2 aromatic rings. The van der Waals surface area contributed by atoms with Gasteiger partial charge in [0.1, 0.15) is 61.1 Å². The predicted molar refractivity (Wildman–Crippen MR) is 290 cm³/mol. The Bertz CT molecular complexity index is 2330. The fourth-order valence-corrected chi connectivity index (χ4v) is 12.1. The Morgan fingerprint density at radius 2 is 1.69 bits per heavy atom. The highest BCUT2D eigenvalue weighted by Gasteiger charge is 2.53. The van der Waals surface area contributed by atoms with Gasteiger partial charge < -0.3 is 78.7 Å². The summed E-state index contributed by atoms with van der Waals surface area (Å²) in [5.74, 6) is -3.33. The average Bonchev–Trinajstić information content (AvgIpc) is 4.14. The van der Waals surface area contributed by atoms with E-state index in [2.05, 4.69) is 21.3 Å². The number of methoxy groups -OCH3 is 2. The van der Waals surface area contributed by atoms with Gasteiger partial charge in [0.2, 0.25) is 0 Å². The number of hydrogen-bond acceptors (Lipinski definition) is 22. The molecule has 4 aliphatic heterocycles. The van der Waals surface area contributed by atoms with Gasteiger partial charge in [-0.2, -0.15) is 0 Å². The number of aliphatic hydroxyl groups excluding tert-OH is 3. The van der Waals surface area contributed by atoms with Crippen molar-refractivity contribution in [3.05, 3.63) is 53.6 Å². The van der Waals surface area contributed by atoms with Gasteiger partial charge in [-0.15, -0.1) is 10.6 Å². The lowest BCUT2D eigenvalue weighted by molar-refractivity contribution is -0.318. The number of hydrogen-bond donors (Lipinski definition) is 7. The Balaban J connectivity index is 1.22. The molecule has 0 spiro atoms. The minimum Gasteiger partial charge on any atom is -0.459 e. The Labute approximate surface area is 471 Å². The van der Waals surface area contributed by atoms with E-state index >= 15 is 4.39 Å². The number of likely N-dealkylation sites (N-methyl/N-ethyl adjacent to an activating group) is 2. The number of aromatic nitrogens is 3. The minimum atomic E-state index is -1.86. The number of carbonyl (C=O) groups is 2. The van der Waals surface area contributed by atoms with Gasteiger partial charge in [-0.05, 0) is 105 Å². The predicted octanol–water partition coefficient (Wildman–Crippen LogP) is 3.20. The molecule has 454 valence electrons. The Morgan fingerprint density at radius 1 is 1.00 bits per heavy atom. The van der Waals surface area contributed by atoms with Crippen LogP contribution in [0.4, 0.5) is 4.39 Å². The van der Waals surface area contributed by atoms with E-state index in [1.165, 1.54) is 28.1 Å². The van der Waals surface area contributed by atoms with Crippen molar-refractivity contribution in [3.8, 4) is 5.69 Å². The summed E-state index contributed by atoms with van der Waals surface area (Å²) in [4.78, 5) is 29.7. The number of ether oxygens (including phenoxy) is 8. The summed E-state index contributed by atoms with van der Waals surface area (Å²) in [6.07, 6.45) is -6.34. The van der Waals surface area contributed by atoms with Crippen LogP contribution in [0.1, 0.15) is 126 Å². The molecule has 0 unspecified atom stereocenters. The summed E-state index contributed by atoms with van der Waals surface area (Å²) < 4.78 is 65.9. The van der Waals surface area contributed by atoms with Crippen LogP contribution in [0, 0.1) is 17.8 Å². The van der Waals surface area contributed by atoms with Crippen LogP contribution in [0.15, 0.2) is 42.4 Å². The monoisotopic (exact) mass is 1140 g/mol. The van der Waals surface area contributed by atoms with Gasteiger partial charge in [0.15, 0.2) is 12.6 Å². The molecule has 6 rings (SSSR count). The molecule has 0 radical (unpaired) electrons. The number of rotatable bonds is 18.